The Morgan fingerprint density at radius 3 is 1.66 bits per heavy atom. The molecule has 11 heteroatoms. The molecule has 0 amide bonds. The Bertz CT molecular complexity index is 708. The van der Waals surface area contributed by atoms with Gasteiger partial charge in [0.2, 0.25) is 0 Å². The Balaban J connectivity index is 3.45. The third-order valence-electron chi connectivity index (χ3n) is 4.09. The van der Waals surface area contributed by atoms with Crippen molar-refractivity contribution >= 4 is 0 Å². The van der Waals surface area contributed by atoms with Crippen LogP contribution in [-0.2, 0) is 10.3 Å². The summed E-state index contributed by atoms with van der Waals surface area (Å²) in [5.41, 5.74) is -3.46. The van der Waals surface area contributed by atoms with E-state index in [2.05, 4.69) is 0 Å². The summed E-state index contributed by atoms with van der Waals surface area (Å²) in [5, 5.41) is 0. The van der Waals surface area contributed by atoms with Gasteiger partial charge in [0.15, 0.2) is 0 Å². The largest absolute Gasteiger partial charge is 0.488 e. The highest BCUT2D eigenvalue weighted by Crippen LogP contribution is 2.56. The number of hydrogen-bond acceptors (Lipinski definition) is 2. The standard InChI is InChI=1S/C18H21F9O2/c1-13(2,3)29-12-9-7-6-8-11(12)14(4,28-5)10-15(19,20)16(21,22)17(23,24)18(25,26)27/h6-9H,10H2,1-5H3. The van der Waals surface area contributed by atoms with Crippen molar-refractivity contribution in [1.82, 2.24) is 0 Å². The highest BCUT2D eigenvalue weighted by Gasteiger charge is 2.82. The molecule has 0 aliphatic heterocycles. The number of hydrogen-bond donors (Lipinski definition) is 0. The lowest BCUT2D eigenvalue weighted by molar-refractivity contribution is -0.400. The van der Waals surface area contributed by atoms with Crippen molar-refractivity contribution in [2.75, 3.05) is 7.11 Å². The molecule has 2 nitrogen and oxygen atoms in total. The minimum Gasteiger partial charge on any atom is -0.488 e. The molecule has 0 aliphatic carbocycles. The van der Waals surface area contributed by atoms with Gasteiger partial charge in [-0.25, -0.2) is 0 Å². The minimum atomic E-state index is -6.96. The van der Waals surface area contributed by atoms with Crippen molar-refractivity contribution in [3.63, 3.8) is 0 Å². The first-order valence-corrected chi connectivity index (χ1v) is 8.26. The molecule has 1 aromatic carbocycles. The second-order valence-electron chi connectivity index (χ2n) is 7.67. The Hall–Kier alpha value is -1.65. The summed E-state index contributed by atoms with van der Waals surface area (Å²) in [5.74, 6) is -19.5. The lowest BCUT2D eigenvalue weighted by Gasteiger charge is -2.39. The van der Waals surface area contributed by atoms with E-state index in [1.54, 1.807) is 20.8 Å². The van der Waals surface area contributed by atoms with Gasteiger partial charge in [-0.15, -0.1) is 0 Å². The van der Waals surface area contributed by atoms with Gasteiger partial charge in [0.05, 0.1) is 12.0 Å². The number of ether oxygens (including phenoxy) is 2. The minimum absolute atomic E-state index is 0.0777. The Morgan fingerprint density at radius 1 is 0.759 bits per heavy atom. The number of methoxy groups -OCH3 is 1. The van der Waals surface area contributed by atoms with E-state index in [0.29, 0.717) is 0 Å². The molecule has 0 saturated heterocycles. The second-order valence-corrected chi connectivity index (χ2v) is 7.67. The average Bonchev–Trinajstić information content (AvgIpc) is 2.51. The van der Waals surface area contributed by atoms with E-state index < -0.39 is 41.6 Å². The molecule has 0 saturated carbocycles. The Morgan fingerprint density at radius 2 is 1.24 bits per heavy atom. The van der Waals surface area contributed by atoms with Crippen LogP contribution in [0.1, 0.15) is 39.7 Å². The summed E-state index contributed by atoms with van der Waals surface area (Å²) < 4.78 is 130. The van der Waals surface area contributed by atoms with E-state index in [0.717, 1.165) is 14.0 Å². The summed E-state index contributed by atoms with van der Waals surface area (Å²) in [4.78, 5) is 0. The van der Waals surface area contributed by atoms with E-state index in [1.807, 2.05) is 0 Å². The number of rotatable bonds is 7. The predicted molar refractivity (Wildman–Crippen MR) is 86.7 cm³/mol. The molecule has 1 aromatic rings. The van der Waals surface area contributed by atoms with Crippen molar-refractivity contribution < 1.29 is 49.0 Å². The summed E-state index contributed by atoms with van der Waals surface area (Å²) in [6.45, 7) is 5.66. The quantitative estimate of drug-likeness (QED) is 0.446. The molecule has 29 heavy (non-hydrogen) atoms. The van der Waals surface area contributed by atoms with Crippen molar-refractivity contribution in [2.45, 2.75) is 69.3 Å². The lowest BCUT2D eigenvalue weighted by Crippen LogP contribution is -2.62. The SMILES string of the molecule is COC(C)(CC(F)(F)C(F)(F)C(F)(F)C(F)(F)F)c1ccccc1OC(C)(C)C. The molecular weight excluding hydrogens is 419 g/mol. The van der Waals surface area contributed by atoms with Crippen LogP contribution in [-0.4, -0.2) is 36.7 Å². The fraction of sp³-hybridized carbons (Fsp3) is 0.667. The Labute approximate surface area is 162 Å². The van der Waals surface area contributed by atoms with Gasteiger partial charge < -0.3 is 9.47 Å². The number of alkyl halides is 9. The van der Waals surface area contributed by atoms with Crippen molar-refractivity contribution in [1.29, 1.82) is 0 Å². The first-order valence-electron chi connectivity index (χ1n) is 8.26. The smallest absolute Gasteiger partial charge is 0.460 e. The van der Waals surface area contributed by atoms with Gasteiger partial charge in [-0.3, -0.25) is 0 Å². The van der Waals surface area contributed by atoms with E-state index in [-0.39, 0.29) is 11.3 Å². The average molecular weight is 440 g/mol. The zero-order chi connectivity index (χ0) is 23.1. The molecule has 0 bridgehead atoms. The van der Waals surface area contributed by atoms with Crippen molar-refractivity contribution in [3.05, 3.63) is 29.8 Å². The van der Waals surface area contributed by atoms with Crippen LogP contribution < -0.4 is 4.74 Å². The van der Waals surface area contributed by atoms with Crippen LogP contribution in [0.15, 0.2) is 24.3 Å². The summed E-state index contributed by atoms with van der Waals surface area (Å²) >= 11 is 0. The fourth-order valence-electron chi connectivity index (χ4n) is 2.54. The van der Waals surface area contributed by atoms with Crippen LogP contribution in [0.2, 0.25) is 0 Å². The topological polar surface area (TPSA) is 18.5 Å². The third-order valence-corrected chi connectivity index (χ3v) is 4.09. The van der Waals surface area contributed by atoms with Gasteiger partial charge in [0.1, 0.15) is 11.4 Å². The van der Waals surface area contributed by atoms with E-state index in [9.17, 15) is 39.5 Å². The number of benzene rings is 1. The molecule has 0 aliphatic rings. The van der Waals surface area contributed by atoms with Crippen LogP contribution in [0, 0.1) is 0 Å². The van der Waals surface area contributed by atoms with Crippen LogP contribution in [0.3, 0.4) is 0 Å². The Kier molecular flexibility index (Phi) is 6.61. The maximum atomic E-state index is 14.2. The van der Waals surface area contributed by atoms with Crippen LogP contribution in [0.5, 0.6) is 5.75 Å². The van der Waals surface area contributed by atoms with Crippen LogP contribution in [0.25, 0.3) is 0 Å². The zero-order valence-electron chi connectivity index (χ0n) is 16.2. The zero-order valence-corrected chi connectivity index (χ0v) is 16.2. The monoisotopic (exact) mass is 440 g/mol. The maximum Gasteiger partial charge on any atom is 0.460 e. The van der Waals surface area contributed by atoms with Gasteiger partial charge in [-0.05, 0) is 33.8 Å². The molecule has 0 aromatic heterocycles. The van der Waals surface area contributed by atoms with E-state index >= 15 is 0 Å². The summed E-state index contributed by atoms with van der Waals surface area (Å²) in [7, 11) is 0.837. The molecule has 0 heterocycles. The van der Waals surface area contributed by atoms with Crippen molar-refractivity contribution in [3.8, 4) is 5.75 Å². The van der Waals surface area contributed by atoms with Crippen LogP contribution >= 0.6 is 0 Å². The molecule has 0 radical (unpaired) electrons. The first kappa shape index (κ1) is 25.4. The van der Waals surface area contributed by atoms with Gasteiger partial charge in [0.25, 0.3) is 0 Å². The van der Waals surface area contributed by atoms with Gasteiger partial charge in [0, 0.05) is 12.7 Å². The molecule has 1 atom stereocenters. The first-order chi connectivity index (χ1) is 12.7. The van der Waals surface area contributed by atoms with E-state index in [4.69, 9.17) is 9.47 Å². The summed E-state index contributed by atoms with van der Waals surface area (Å²) in [6, 6.07) is 5.23. The molecule has 1 rings (SSSR count). The normalized spacial score (nSPS) is 16.5. The third kappa shape index (κ3) is 4.92. The fourth-order valence-corrected chi connectivity index (χ4v) is 2.54. The lowest BCUT2D eigenvalue weighted by atomic mass is 9.85. The van der Waals surface area contributed by atoms with Crippen LogP contribution in [0.4, 0.5) is 39.5 Å². The number of para-hydroxylation sites is 1. The molecule has 168 valence electrons. The second kappa shape index (κ2) is 7.55. The highest BCUT2D eigenvalue weighted by molar-refractivity contribution is 5.38. The van der Waals surface area contributed by atoms with E-state index in [1.165, 1.54) is 24.3 Å². The van der Waals surface area contributed by atoms with Gasteiger partial charge in [-0.2, -0.15) is 39.5 Å². The summed E-state index contributed by atoms with van der Waals surface area (Å²) in [6.07, 6.45) is -9.05. The van der Waals surface area contributed by atoms with Crippen molar-refractivity contribution in [2.24, 2.45) is 0 Å². The number of halogens is 9. The predicted octanol–water partition coefficient (Wildman–Crippen LogP) is 6.58. The maximum absolute atomic E-state index is 14.2. The molecule has 1 unspecified atom stereocenters. The molecule has 0 N–H and O–H groups in total. The molecule has 0 spiro atoms. The molecule has 0 fully saturated rings. The van der Waals surface area contributed by atoms with Gasteiger partial charge >= 0.3 is 23.9 Å². The van der Waals surface area contributed by atoms with Gasteiger partial charge in [-0.1, -0.05) is 18.2 Å². The molecular formula is C18H21F9O2. The highest BCUT2D eigenvalue weighted by atomic mass is 19.4.